The van der Waals surface area contributed by atoms with Gasteiger partial charge >= 0.3 is 6.18 Å². The summed E-state index contributed by atoms with van der Waals surface area (Å²) in [5.74, 6) is -0.965. The van der Waals surface area contributed by atoms with E-state index in [0.717, 1.165) is 6.07 Å². The molecule has 4 aromatic rings. The van der Waals surface area contributed by atoms with Gasteiger partial charge in [-0.1, -0.05) is 0 Å². The van der Waals surface area contributed by atoms with Crippen LogP contribution < -0.4 is 4.90 Å². The third kappa shape index (κ3) is 4.36. The fraction of sp³-hybridized carbons (Fsp3) is 0.174. The largest absolute Gasteiger partial charge is 0.433 e. The van der Waals surface area contributed by atoms with E-state index in [0.29, 0.717) is 16.8 Å². The summed E-state index contributed by atoms with van der Waals surface area (Å²) in [6.07, 6.45) is -1.91. The molecule has 0 atom stereocenters. The first-order valence-corrected chi connectivity index (χ1v) is 9.77. The Bertz CT molecular complexity index is 1390. The number of carbonyl (C=O) groups excluding carboxylic acids is 1. The highest BCUT2D eigenvalue weighted by atomic mass is 19.4. The Labute approximate surface area is 186 Å². The van der Waals surface area contributed by atoms with Gasteiger partial charge in [-0.05, 0) is 55.8 Å². The SMILES string of the molecule is Cc1cc(C(=O)N(C)c2ccc(-c3ncc4nc(C(F)(F)F)cc(C)c4n3)cc2F)ccn1. The van der Waals surface area contributed by atoms with Crippen LogP contribution in [-0.4, -0.2) is 32.9 Å². The van der Waals surface area contributed by atoms with Crippen molar-refractivity contribution < 1.29 is 22.4 Å². The quantitative estimate of drug-likeness (QED) is 0.400. The molecule has 168 valence electrons. The van der Waals surface area contributed by atoms with Crippen LogP contribution in [0.5, 0.6) is 0 Å². The van der Waals surface area contributed by atoms with Crippen LogP contribution in [0.4, 0.5) is 23.2 Å². The highest BCUT2D eigenvalue weighted by Crippen LogP contribution is 2.31. The fourth-order valence-electron chi connectivity index (χ4n) is 3.37. The number of hydrogen-bond donors (Lipinski definition) is 0. The summed E-state index contributed by atoms with van der Waals surface area (Å²) in [7, 11) is 1.45. The number of aryl methyl sites for hydroxylation is 2. The highest BCUT2D eigenvalue weighted by molar-refractivity contribution is 6.05. The van der Waals surface area contributed by atoms with Crippen LogP contribution in [0, 0.1) is 19.7 Å². The number of nitrogens with zero attached hydrogens (tertiary/aromatic N) is 5. The van der Waals surface area contributed by atoms with Gasteiger partial charge in [0, 0.05) is 30.1 Å². The zero-order chi connectivity index (χ0) is 23.9. The minimum Gasteiger partial charge on any atom is -0.309 e. The molecule has 0 saturated carbocycles. The number of anilines is 1. The zero-order valence-corrected chi connectivity index (χ0v) is 17.8. The van der Waals surface area contributed by atoms with Crippen molar-refractivity contribution in [2.24, 2.45) is 0 Å². The second kappa shape index (κ2) is 8.19. The topological polar surface area (TPSA) is 71.9 Å². The lowest BCUT2D eigenvalue weighted by atomic mass is 10.1. The number of halogens is 4. The summed E-state index contributed by atoms with van der Waals surface area (Å²) in [5, 5.41) is 0. The summed E-state index contributed by atoms with van der Waals surface area (Å²) in [6, 6.07) is 8.18. The number of benzene rings is 1. The standard InChI is InChI=1S/C23H17F4N5O/c1-12-8-19(23(25,26)27)30-17-11-29-21(31-20(12)17)14-4-5-18(16(24)10-14)32(3)22(33)15-6-7-28-13(2)9-15/h4-11H,1-3H3. The molecular weight excluding hydrogens is 438 g/mol. The number of hydrogen-bond acceptors (Lipinski definition) is 5. The van der Waals surface area contributed by atoms with E-state index in [9.17, 15) is 22.4 Å². The Morgan fingerprint density at radius 1 is 1.00 bits per heavy atom. The molecule has 1 amide bonds. The lowest BCUT2D eigenvalue weighted by Crippen LogP contribution is -2.27. The molecule has 0 N–H and O–H groups in total. The van der Waals surface area contributed by atoms with Crippen LogP contribution in [0.25, 0.3) is 22.4 Å². The molecule has 0 fully saturated rings. The predicted octanol–water partition coefficient (Wildman–Crippen LogP) is 5.14. The van der Waals surface area contributed by atoms with Crippen molar-refractivity contribution in [3.05, 3.63) is 77.1 Å². The Kier molecular flexibility index (Phi) is 5.52. The molecule has 33 heavy (non-hydrogen) atoms. The average Bonchev–Trinajstić information content (AvgIpc) is 2.77. The number of alkyl halides is 3. The maximum Gasteiger partial charge on any atom is 0.433 e. The normalized spacial score (nSPS) is 11.6. The van der Waals surface area contributed by atoms with E-state index in [1.165, 1.54) is 49.5 Å². The number of rotatable bonds is 3. The first-order chi connectivity index (χ1) is 15.5. The molecule has 4 rings (SSSR count). The van der Waals surface area contributed by atoms with E-state index in [4.69, 9.17) is 0 Å². The monoisotopic (exact) mass is 455 g/mol. The Hall–Kier alpha value is -3.95. The van der Waals surface area contributed by atoms with Gasteiger partial charge in [0.05, 0.1) is 17.4 Å². The van der Waals surface area contributed by atoms with Crippen molar-refractivity contribution in [3.8, 4) is 11.4 Å². The Morgan fingerprint density at radius 2 is 1.76 bits per heavy atom. The van der Waals surface area contributed by atoms with Gasteiger partial charge in [-0.15, -0.1) is 0 Å². The van der Waals surface area contributed by atoms with E-state index in [-0.39, 0.29) is 28.1 Å². The van der Waals surface area contributed by atoms with Gasteiger partial charge in [-0.2, -0.15) is 13.2 Å². The minimum atomic E-state index is -4.59. The van der Waals surface area contributed by atoms with Crippen molar-refractivity contribution >= 4 is 22.6 Å². The maximum atomic E-state index is 14.9. The molecule has 0 aliphatic rings. The van der Waals surface area contributed by atoms with Gasteiger partial charge < -0.3 is 4.90 Å². The molecule has 0 spiro atoms. The molecule has 6 nitrogen and oxygen atoms in total. The summed E-state index contributed by atoms with van der Waals surface area (Å²) in [6.45, 7) is 3.23. The lowest BCUT2D eigenvalue weighted by molar-refractivity contribution is -0.141. The van der Waals surface area contributed by atoms with Crippen LogP contribution in [0.1, 0.15) is 27.3 Å². The number of amides is 1. The lowest BCUT2D eigenvalue weighted by Gasteiger charge is -2.18. The summed E-state index contributed by atoms with van der Waals surface area (Å²) >= 11 is 0. The van der Waals surface area contributed by atoms with Crippen LogP contribution >= 0.6 is 0 Å². The van der Waals surface area contributed by atoms with Gasteiger partial charge in [0.1, 0.15) is 17.0 Å². The smallest absolute Gasteiger partial charge is 0.309 e. The summed E-state index contributed by atoms with van der Waals surface area (Å²) < 4.78 is 53.9. The molecule has 3 aromatic heterocycles. The van der Waals surface area contributed by atoms with E-state index in [1.54, 1.807) is 19.1 Å². The molecule has 0 radical (unpaired) electrons. The summed E-state index contributed by atoms with van der Waals surface area (Å²) in [4.78, 5) is 29.8. The second-order valence-corrected chi connectivity index (χ2v) is 7.47. The number of pyridine rings is 2. The molecule has 3 heterocycles. The molecule has 1 aromatic carbocycles. The molecule has 0 aliphatic carbocycles. The van der Waals surface area contributed by atoms with Gasteiger partial charge in [0.25, 0.3) is 5.91 Å². The molecule has 10 heteroatoms. The molecule has 0 unspecified atom stereocenters. The molecule has 0 aliphatic heterocycles. The zero-order valence-electron chi connectivity index (χ0n) is 17.8. The molecule has 0 bridgehead atoms. The van der Waals surface area contributed by atoms with E-state index in [1.807, 2.05) is 0 Å². The number of fused-ring (bicyclic) bond motifs is 1. The molecule has 0 saturated heterocycles. The number of carbonyl (C=O) groups is 1. The van der Waals surface area contributed by atoms with E-state index >= 15 is 0 Å². The van der Waals surface area contributed by atoms with Gasteiger partial charge in [-0.3, -0.25) is 9.78 Å². The van der Waals surface area contributed by atoms with Crippen LogP contribution in [-0.2, 0) is 6.18 Å². The highest BCUT2D eigenvalue weighted by Gasteiger charge is 2.33. The first-order valence-electron chi connectivity index (χ1n) is 9.77. The van der Waals surface area contributed by atoms with Gasteiger partial charge in [0.15, 0.2) is 5.82 Å². The predicted molar refractivity (Wildman–Crippen MR) is 114 cm³/mol. The third-order valence-corrected chi connectivity index (χ3v) is 5.04. The average molecular weight is 455 g/mol. The van der Waals surface area contributed by atoms with Crippen molar-refractivity contribution in [3.63, 3.8) is 0 Å². The van der Waals surface area contributed by atoms with Crippen molar-refractivity contribution in [2.75, 3.05) is 11.9 Å². The van der Waals surface area contributed by atoms with Crippen LogP contribution in [0.15, 0.2) is 48.8 Å². The molecular formula is C23H17F4N5O. The first kappa shape index (κ1) is 22.3. The minimum absolute atomic E-state index is 0.0128. The van der Waals surface area contributed by atoms with Crippen molar-refractivity contribution in [1.82, 2.24) is 19.9 Å². The van der Waals surface area contributed by atoms with Crippen LogP contribution in [0.3, 0.4) is 0 Å². The number of aromatic nitrogens is 4. The van der Waals surface area contributed by atoms with Gasteiger partial charge in [0.2, 0.25) is 0 Å². The van der Waals surface area contributed by atoms with Crippen molar-refractivity contribution in [2.45, 2.75) is 20.0 Å². The van der Waals surface area contributed by atoms with E-state index < -0.39 is 23.6 Å². The second-order valence-electron chi connectivity index (χ2n) is 7.47. The third-order valence-electron chi connectivity index (χ3n) is 5.04. The van der Waals surface area contributed by atoms with E-state index in [2.05, 4.69) is 19.9 Å². The van der Waals surface area contributed by atoms with Crippen LogP contribution in [0.2, 0.25) is 0 Å². The summed E-state index contributed by atoms with van der Waals surface area (Å²) in [5.41, 5.74) is 0.837. The van der Waals surface area contributed by atoms with Crippen molar-refractivity contribution in [1.29, 1.82) is 0 Å². The fourth-order valence-corrected chi connectivity index (χ4v) is 3.37. The Morgan fingerprint density at radius 3 is 2.42 bits per heavy atom. The Balaban J connectivity index is 1.67. The maximum absolute atomic E-state index is 14.9. The van der Waals surface area contributed by atoms with Gasteiger partial charge in [-0.25, -0.2) is 19.3 Å².